The molecule has 1 aromatic carbocycles. The van der Waals surface area contributed by atoms with Crippen molar-refractivity contribution in [2.24, 2.45) is 0 Å². The van der Waals surface area contributed by atoms with Crippen LogP contribution in [0, 0.1) is 0 Å². The van der Waals surface area contributed by atoms with E-state index in [2.05, 4.69) is 9.88 Å². The number of nitrogens with one attached hydrogen (secondary N) is 1. The molecular weight excluding hydrogens is 333 g/mol. The largest absolute Gasteiger partial charge is 0.416 e. The lowest BCUT2D eigenvalue weighted by Gasteiger charge is -2.12. The van der Waals surface area contributed by atoms with Crippen LogP contribution in [0.5, 0.6) is 0 Å². The fourth-order valence-corrected chi connectivity index (χ4v) is 2.68. The van der Waals surface area contributed by atoms with Gasteiger partial charge in [0.15, 0.2) is 5.82 Å². The summed E-state index contributed by atoms with van der Waals surface area (Å²) in [5.74, 6) is 0.442. The molecule has 0 aliphatic heterocycles. The third kappa shape index (κ3) is 4.04. The lowest BCUT2D eigenvalue weighted by Crippen LogP contribution is -2.14. The number of sulfonamides is 1. The van der Waals surface area contributed by atoms with Crippen molar-refractivity contribution >= 4 is 15.8 Å². The topological polar surface area (TPSA) is 72.2 Å². The van der Waals surface area contributed by atoms with Gasteiger partial charge in [0.05, 0.1) is 10.5 Å². The molecule has 126 valence electrons. The highest BCUT2D eigenvalue weighted by Crippen LogP contribution is 2.30. The predicted octanol–water partition coefficient (Wildman–Crippen LogP) is 3.79. The SMILES string of the molecule is CC(C)(C)c1cc(NS(=O)(=O)c2ccc(C(F)(F)F)cc2)no1. The van der Waals surface area contributed by atoms with Crippen molar-refractivity contribution in [1.29, 1.82) is 0 Å². The molecular formula is C14H15F3N2O3S. The first-order valence-corrected chi connectivity index (χ1v) is 8.05. The van der Waals surface area contributed by atoms with Crippen LogP contribution in [0.2, 0.25) is 0 Å². The van der Waals surface area contributed by atoms with Crippen LogP contribution in [0.3, 0.4) is 0 Å². The van der Waals surface area contributed by atoms with Crippen LogP contribution in [0.25, 0.3) is 0 Å². The molecule has 2 rings (SSSR count). The van der Waals surface area contributed by atoms with Crippen molar-refractivity contribution in [2.75, 3.05) is 4.72 Å². The summed E-state index contributed by atoms with van der Waals surface area (Å²) in [6.45, 7) is 5.59. The highest BCUT2D eigenvalue weighted by molar-refractivity contribution is 7.92. The monoisotopic (exact) mass is 348 g/mol. The van der Waals surface area contributed by atoms with E-state index in [4.69, 9.17) is 4.52 Å². The third-order valence-electron chi connectivity index (χ3n) is 2.98. The molecule has 0 amide bonds. The Kier molecular flexibility index (Phi) is 4.18. The zero-order valence-electron chi connectivity index (χ0n) is 12.6. The second-order valence-electron chi connectivity index (χ2n) is 5.95. The molecule has 0 saturated heterocycles. The van der Waals surface area contributed by atoms with Gasteiger partial charge >= 0.3 is 6.18 Å². The Morgan fingerprint density at radius 2 is 1.65 bits per heavy atom. The van der Waals surface area contributed by atoms with Gasteiger partial charge in [0, 0.05) is 11.5 Å². The van der Waals surface area contributed by atoms with E-state index < -0.39 is 21.8 Å². The molecule has 0 bridgehead atoms. The predicted molar refractivity (Wildman–Crippen MR) is 77.5 cm³/mol. The Bertz CT molecular complexity index is 788. The van der Waals surface area contributed by atoms with Crippen LogP contribution in [0.15, 0.2) is 39.8 Å². The molecule has 0 saturated carbocycles. The number of alkyl halides is 3. The highest BCUT2D eigenvalue weighted by atomic mass is 32.2. The summed E-state index contributed by atoms with van der Waals surface area (Å²) in [4.78, 5) is -0.300. The van der Waals surface area contributed by atoms with Crippen molar-refractivity contribution in [2.45, 2.75) is 37.3 Å². The van der Waals surface area contributed by atoms with Crippen molar-refractivity contribution in [3.63, 3.8) is 0 Å². The maximum atomic E-state index is 12.5. The molecule has 1 N–H and O–H groups in total. The maximum Gasteiger partial charge on any atom is 0.416 e. The second kappa shape index (κ2) is 5.55. The standard InChI is InChI=1S/C14H15F3N2O3S/c1-13(2,3)11-8-12(18-22-11)19-23(20,21)10-6-4-9(5-7-10)14(15,16)17/h4-8H,1-3H3,(H,18,19). The molecule has 1 aromatic heterocycles. The minimum Gasteiger partial charge on any atom is -0.359 e. The summed E-state index contributed by atoms with van der Waals surface area (Å²) in [6, 6.07) is 4.61. The van der Waals surface area contributed by atoms with Crippen LogP contribution in [0.1, 0.15) is 32.1 Å². The van der Waals surface area contributed by atoms with Gasteiger partial charge in [-0.3, -0.25) is 4.72 Å². The van der Waals surface area contributed by atoms with E-state index in [0.29, 0.717) is 17.9 Å². The molecule has 2 aromatic rings. The number of halogens is 3. The minimum atomic E-state index is -4.52. The first-order valence-electron chi connectivity index (χ1n) is 6.57. The van der Waals surface area contributed by atoms with Crippen molar-refractivity contribution in [3.8, 4) is 0 Å². The van der Waals surface area contributed by atoms with Gasteiger partial charge in [-0.05, 0) is 24.3 Å². The number of anilines is 1. The van der Waals surface area contributed by atoms with Crippen LogP contribution in [-0.2, 0) is 21.6 Å². The van der Waals surface area contributed by atoms with Gasteiger partial charge in [-0.2, -0.15) is 13.2 Å². The lowest BCUT2D eigenvalue weighted by molar-refractivity contribution is -0.137. The van der Waals surface area contributed by atoms with Gasteiger partial charge in [0.1, 0.15) is 5.76 Å². The summed E-state index contributed by atoms with van der Waals surface area (Å²) in [7, 11) is -4.05. The van der Waals surface area contributed by atoms with Crippen molar-refractivity contribution in [1.82, 2.24) is 5.16 Å². The fourth-order valence-electron chi connectivity index (χ4n) is 1.70. The van der Waals surface area contributed by atoms with Crippen LogP contribution >= 0.6 is 0 Å². The molecule has 23 heavy (non-hydrogen) atoms. The summed E-state index contributed by atoms with van der Waals surface area (Å²) < 4.78 is 69.0. The zero-order valence-corrected chi connectivity index (χ0v) is 13.4. The number of hydrogen-bond acceptors (Lipinski definition) is 4. The average molecular weight is 348 g/mol. The van der Waals surface area contributed by atoms with E-state index in [-0.39, 0.29) is 16.1 Å². The molecule has 0 radical (unpaired) electrons. The molecule has 5 nitrogen and oxygen atoms in total. The van der Waals surface area contributed by atoms with E-state index in [9.17, 15) is 21.6 Å². The molecule has 0 fully saturated rings. The summed E-state index contributed by atoms with van der Waals surface area (Å²) in [5.41, 5.74) is -1.28. The summed E-state index contributed by atoms with van der Waals surface area (Å²) in [5, 5.41) is 3.60. The molecule has 0 aliphatic rings. The Labute approximate surface area is 131 Å². The molecule has 1 heterocycles. The van der Waals surface area contributed by atoms with Gasteiger partial charge in [0.2, 0.25) is 0 Å². The van der Waals surface area contributed by atoms with Crippen molar-refractivity contribution < 1.29 is 26.1 Å². The van der Waals surface area contributed by atoms with E-state index in [0.717, 1.165) is 12.1 Å². The fraction of sp³-hybridized carbons (Fsp3) is 0.357. The van der Waals surface area contributed by atoms with Gasteiger partial charge in [-0.15, -0.1) is 0 Å². The van der Waals surface area contributed by atoms with E-state index in [1.807, 2.05) is 20.8 Å². The van der Waals surface area contributed by atoms with Crippen LogP contribution in [0.4, 0.5) is 19.0 Å². The number of rotatable bonds is 3. The normalized spacial score (nSPS) is 13.1. The Morgan fingerprint density at radius 3 is 2.09 bits per heavy atom. The van der Waals surface area contributed by atoms with Gasteiger partial charge in [-0.1, -0.05) is 25.9 Å². The lowest BCUT2D eigenvalue weighted by atomic mass is 9.93. The third-order valence-corrected chi connectivity index (χ3v) is 4.35. The van der Waals surface area contributed by atoms with Crippen LogP contribution in [-0.4, -0.2) is 13.6 Å². The molecule has 0 unspecified atom stereocenters. The number of aromatic nitrogens is 1. The van der Waals surface area contributed by atoms with Crippen LogP contribution < -0.4 is 4.72 Å². The maximum absolute atomic E-state index is 12.5. The van der Waals surface area contributed by atoms with E-state index in [1.54, 1.807) is 0 Å². The summed E-state index contributed by atoms with van der Waals surface area (Å²) in [6.07, 6.45) is -4.52. The smallest absolute Gasteiger partial charge is 0.359 e. The molecule has 0 atom stereocenters. The average Bonchev–Trinajstić information content (AvgIpc) is 2.85. The van der Waals surface area contributed by atoms with E-state index in [1.165, 1.54) is 6.07 Å². The number of benzene rings is 1. The van der Waals surface area contributed by atoms with Gasteiger partial charge in [0.25, 0.3) is 10.0 Å². The Morgan fingerprint density at radius 1 is 1.09 bits per heavy atom. The molecule has 9 heteroatoms. The van der Waals surface area contributed by atoms with Gasteiger partial charge < -0.3 is 4.52 Å². The van der Waals surface area contributed by atoms with Gasteiger partial charge in [-0.25, -0.2) is 8.42 Å². The van der Waals surface area contributed by atoms with Crippen molar-refractivity contribution in [3.05, 3.63) is 41.7 Å². The Balaban J connectivity index is 2.24. The minimum absolute atomic E-state index is 0.0326. The van der Waals surface area contributed by atoms with E-state index >= 15 is 0 Å². The quantitative estimate of drug-likeness (QED) is 0.916. The number of nitrogens with zero attached hydrogens (tertiary/aromatic N) is 1. The highest BCUT2D eigenvalue weighted by Gasteiger charge is 2.30. The molecule has 0 aliphatic carbocycles. The Hall–Kier alpha value is -2.03. The summed E-state index contributed by atoms with van der Waals surface area (Å²) >= 11 is 0. The second-order valence-corrected chi connectivity index (χ2v) is 7.64. The molecule has 0 spiro atoms. The number of hydrogen-bond donors (Lipinski definition) is 1. The first-order chi connectivity index (χ1) is 10.4. The zero-order chi connectivity index (χ0) is 17.5. The first kappa shape index (κ1) is 17.3.